The third kappa shape index (κ3) is 1.85. The molecule has 0 bridgehead atoms. The molecule has 100 valence electrons. The van der Waals surface area contributed by atoms with Gasteiger partial charge in [0.25, 0.3) is 0 Å². The van der Waals surface area contributed by atoms with Crippen LogP contribution in [0, 0.1) is 0 Å². The van der Waals surface area contributed by atoms with Gasteiger partial charge in [0.2, 0.25) is 0 Å². The lowest BCUT2D eigenvalue weighted by Crippen LogP contribution is -1.94. The van der Waals surface area contributed by atoms with Crippen molar-refractivity contribution < 1.29 is 9.90 Å². The van der Waals surface area contributed by atoms with Crippen LogP contribution in [0.15, 0.2) is 24.3 Å². The number of carbonyl (C=O) groups is 1. The Hall–Kier alpha value is -1.72. The molecule has 2 aromatic heterocycles. The Labute approximate surface area is 123 Å². The molecule has 1 N–H and O–H groups in total. The van der Waals surface area contributed by atoms with Crippen LogP contribution >= 0.6 is 22.7 Å². The quantitative estimate of drug-likeness (QED) is 0.771. The molecule has 0 saturated heterocycles. The Bertz CT molecular complexity index is 810. The van der Waals surface area contributed by atoms with Crippen LogP contribution < -0.4 is 0 Å². The predicted molar refractivity (Wildman–Crippen MR) is 81.9 cm³/mol. The fourth-order valence-electron chi connectivity index (χ4n) is 2.60. The molecule has 0 unspecified atom stereocenters. The highest BCUT2D eigenvalue weighted by atomic mass is 32.1. The van der Waals surface area contributed by atoms with E-state index >= 15 is 0 Å². The Morgan fingerprint density at radius 1 is 1.20 bits per heavy atom. The van der Waals surface area contributed by atoms with E-state index in [2.05, 4.69) is 11.1 Å². The van der Waals surface area contributed by atoms with E-state index in [1.54, 1.807) is 29.5 Å². The van der Waals surface area contributed by atoms with E-state index in [-0.39, 0.29) is 0 Å². The molecule has 0 aliphatic heterocycles. The number of hydrogen-bond donors (Lipinski definition) is 1. The van der Waals surface area contributed by atoms with Crippen LogP contribution in [-0.2, 0) is 12.8 Å². The number of thiophene rings is 1. The number of nitrogens with zero attached hydrogens (tertiary/aromatic N) is 1. The highest BCUT2D eigenvalue weighted by Gasteiger charge is 2.17. The first kappa shape index (κ1) is 12.1. The zero-order chi connectivity index (χ0) is 13.7. The fraction of sp³-hybridized carbons (Fsp3) is 0.200. The molecule has 0 atom stereocenters. The van der Waals surface area contributed by atoms with Gasteiger partial charge in [0.15, 0.2) is 0 Å². The van der Waals surface area contributed by atoms with E-state index in [9.17, 15) is 4.79 Å². The van der Waals surface area contributed by atoms with E-state index in [4.69, 9.17) is 5.11 Å². The van der Waals surface area contributed by atoms with Crippen LogP contribution in [0.1, 0.15) is 27.2 Å². The number of carboxylic acids is 1. The van der Waals surface area contributed by atoms with Gasteiger partial charge in [-0.05, 0) is 49.1 Å². The van der Waals surface area contributed by atoms with Gasteiger partial charge in [-0.15, -0.1) is 22.7 Å². The lowest BCUT2D eigenvalue weighted by Gasteiger charge is -1.91. The zero-order valence-electron chi connectivity index (χ0n) is 10.5. The molecular weight excluding hydrogens is 290 g/mol. The van der Waals surface area contributed by atoms with Crippen molar-refractivity contribution in [2.24, 2.45) is 0 Å². The molecule has 3 aromatic rings. The monoisotopic (exact) mass is 301 g/mol. The van der Waals surface area contributed by atoms with Crippen molar-refractivity contribution >= 4 is 38.9 Å². The molecule has 2 heterocycles. The number of aromatic carboxylic acids is 1. The molecule has 4 rings (SSSR count). The van der Waals surface area contributed by atoms with Crippen molar-refractivity contribution in [2.45, 2.75) is 19.3 Å². The predicted octanol–water partition coefficient (Wildman–Crippen LogP) is 4.21. The maximum absolute atomic E-state index is 11.0. The number of benzene rings is 1. The number of aryl methyl sites for hydroxylation is 2. The molecule has 0 saturated carbocycles. The first-order chi connectivity index (χ1) is 9.70. The van der Waals surface area contributed by atoms with Crippen LogP contribution in [0.5, 0.6) is 0 Å². The number of hydrogen-bond acceptors (Lipinski definition) is 4. The van der Waals surface area contributed by atoms with Gasteiger partial charge in [-0.3, -0.25) is 0 Å². The minimum Gasteiger partial charge on any atom is -0.478 e. The number of aromatic nitrogens is 1. The van der Waals surface area contributed by atoms with Crippen molar-refractivity contribution in [3.05, 3.63) is 40.3 Å². The third-order valence-electron chi connectivity index (χ3n) is 3.59. The van der Waals surface area contributed by atoms with E-state index < -0.39 is 5.97 Å². The molecule has 1 aliphatic carbocycles. The minimum absolute atomic E-state index is 0.321. The van der Waals surface area contributed by atoms with E-state index in [1.165, 1.54) is 34.6 Å². The van der Waals surface area contributed by atoms with Crippen LogP contribution in [0.3, 0.4) is 0 Å². The van der Waals surface area contributed by atoms with Gasteiger partial charge in [-0.25, -0.2) is 9.78 Å². The summed E-state index contributed by atoms with van der Waals surface area (Å²) < 4.78 is 0.938. The lowest BCUT2D eigenvalue weighted by molar-refractivity contribution is 0.0697. The van der Waals surface area contributed by atoms with E-state index in [1.807, 2.05) is 11.3 Å². The number of fused-ring (bicyclic) bond motifs is 2. The maximum Gasteiger partial charge on any atom is 0.335 e. The van der Waals surface area contributed by atoms with Gasteiger partial charge in [-0.2, -0.15) is 0 Å². The molecule has 3 nitrogen and oxygen atoms in total. The van der Waals surface area contributed by atoms with Crippen molar-refractivity contribution in [3.8, 4) is 9.88 Å². The standard InChI is InChI=1S/C15H11NO2S2/c17-15(18)9-4-5-10-12(7-9)20-14(16-10)13-6-8-2-1-3-11(8)19-13/h4-7H,1-3H2,(H,17,18). The summed E-state index contributed by atoms with van der Waals surface area (Å²) in [6.45, 7) is 0. The van der Waals surface area contributed by atoms with E-state index in [0.29, 0.717) is 5.56 Å². The summed E-state index contributed by atoms with van der Waals surface area (Å²) in [4.78, 5) is 18.3. The fourth-order valence-corrected chi connectivity index (χ4v) is 4.90. The zero-order valence-corrected chi connectivity index (χ0v) is 12.2. The SMILES string of the molecule is O=C(O)c1ccc2nc(-c3cc4c(s3)CCC4)sc2c1. The third-order valence-corrected chi connectivity index (χ3v) is 6.02. The topological polar surface area (TPSA) is 50.2 Å². The average molecular weight is 301 g/mol. The van der Waals surface area contributed by atoms with Gasteiger partial charge in [0, 0.05) is 4.88 Å². The molecule has 1 aromatic carbocycles. The Morgan fingerprint density at radius 2 is 2.10 bits per heavy atom. The molecule has 0 radical (unpaired) electrons. The molecule has 0 amide bonds. The highest BCUT2D eigenvalue weighted by molar-refractivity contribution is 7.25. The average Bonchev–Trinajstić information content (AvgIpc) is 3.10. The van der Waals surface area contributed by atoms with Gasteiger partial charge >= 0.3 is 5.97 Å². The van der Waals surface area contributed by atoms with Crippen LogP contribution in [0.25, 0.3) is 20.1 Å². The molecule has 0 spiro atoms. The second-order valence-electron chi connectivity index (χ2n) is 4.92. The molecular formula is C15H11NO2S2. The Balaban J connectivity index is 1.81. The Morgan fingerprint density at radius 3 is 2.90 bits per heavy atom. The summed E-state index contributed by atoms with van der Waals surface area (Å²) in [5, 5.41) is 10.0. The molecule has 1 aliphatic rings. The second kappa shape index (κ2) is 4.40. The highest BCUT2D eigenvalue weighted by Crippen LogP contribution is 2.39. The minimum atomic E-state index is -0.892. The van der Waals surface area contributed by atoms with Crippen LogP contribution in [0.4, 0.5) is 0 Å². The smallest absolute Gasteiger partial charge is 0.335 e. The summed E-state index contributed by atoms with van der Waals surface area (Å²) in [6.07, 6.45) is 3.64. The van der Waals surface area contributed by atoms with E-state index in [0.717, 1.165) is 15.2 Å². The summed E-state index contributed by atoms with van der Waals surface area (Å²) in [6, 6.07) is 7.37. The Kier molecular flexibility index (Phi) is 2.65. The maximum atomic E-state index is 11.0. The molecule has 20 heavy (non-hydrogen) atoms. The van der Waals surface area contributed by atoms with Crippen molar-refractivity contribution in [2.75, 3.05) is 0 Å². The van der Waals surface area contributed by atoms with Crippen LogP contribution in [-0.4, -0.2) is 16.1 Å². The molecule has 5 heteroatoms. The number of rotatable bonds is 2. The van der Waals surface area contributed by atoms with Gasteiger partial charge in [-0.1, -0.05) is 0 Å². The second-order valence-corrected chi connectivity index (χ2v) is 7.09. The summed E-state index contributed by atoms with van der Waals surface area (Å²) >= 11 is 3.41. The normalized spacial score (nSPS) is 13.8. The van der Waals surface area contributed by atoms with Gasteiger partial charge < -0.3 is 5.11 Å². The van der Waals surface area contributed by atoms with Gasteiger partial charge in [0.05, 0.1) is 20.7 Å². The summed E-state index contributed by atoms with van der Waals surface area (Å²) in [7, 11) is 0. The summed E-state index contributed by atoms with van der Waals surface area (Å²) in [5.74, 6) is -0.892. The summed E-state index contributed by atoms with van der Waals surface area (Å²) in [5.41, 5.74) is 2.67. The van der Waals surface area contributed by atoms with Crippen molar-refractivity contribution in [3.63, 3.8) is 0 Å². The first-order valence-electron chi connectivity index (χ1n) is 6.46. The lowest BCUT2D eigenvalue weighted by atomic mass is 10.2. The number of thiazole rings is 1. The van der Waals surface area contributed by atoms with Gasteiger partial charge in [0.1, 0.15) is 5.01 Å². The number of carboxylic acid groups (broad SMARTS) is 1. The van der Waals surface area contributed by atoms with Crippen molar-refractivity contribution in [1.29, 1.82) is 0 Å². The molecule has 0 fully saturated rings. The van der Waals surface area contributed by atoms with Crippen molar-refractivity contribution in [1.82, 2.24) is 4.98 Å². The first-order valence-corrected chi connectivity index (χ1v) is 8.10. The van der Waals surface area contributed by atoms with Crippen LogP contribution in [0.2, 0.25) is 0 Å². The largest absolute Gasteiger partial charge is 0.478 e.